The number of aromatic nitrogens is 4. The van der Waals surface area contributed by atoms with Crippen molar-refractivity contribution in [3.63, 3.8) is 0 Å². The van der Waals surface area contributed by atoms with E-state index in [9.17, 15) is 37.5 Å². The van der Waals surface area contributed by atoms with Crippen LogP contribution in [0.3, 0.4) is 0 Å². The second-order valence-electron chi connectivity index (χ2n) is 16.1. The first-order valence-electron chi connectivity index (χ1n) is 22.6. The van der Waals surface area contributed by atoms with Gasteiger partial charge in [0.2, 0.25) is 10.9 Å². The minimum absolute atomic E-state index is 0. The van der Waals surface area contributed by atoms with Crippen molar-refractivity contribution in [1.29, 1.82) is 0 Å². The fourth-order valence-corrected chi connectivity index (χ4v) is 10.0. The van der Waals surface area contributed by atoms with Crippen molar-refractivity contribution < 1.29 is 162 Å². The molecule has 6 aromatic rings. The van der Waals surface area contributed by atoms with Gasteiger partial charge in [-0.25, -0.2) is 17.6 Å². The number of methoxy groups -OCH3 is 1. The number of benzene rings is 4. The van der Waals surface area contributed by atoms with Crippen LogP contribution in [0.15, 0.2) is 119 Å². The Kier molecular flexibility index (Phi) is 23.9. The van der Waals surface area contributed by atoms with Gasteiger partial charge >= 0.3 is 103 Å². The SMILES string of the molecule is CI.COc1c2n(ncc1=O)[C@@H]([C@H](c1ccccc1)c1cccc(F)c1F)[C@H]1CCCN1C2=O.O=C1c2c(O)c(=O)cnn2[C@@H]([C@H](c2ccccc2)c2cccc(F)c2F)[C@H]2CCCN12.O=CO[O-].[2H]CF.[H-].[K+].[K+]. The van der Waals surface area contributed by atoms with Gasteiger partial charge in [0.15, 0.2) is 46.2 Å². The van der Waals surface area contributed by atoms with Crippen molar-refractivity contribution in [2.75, 3.05) is 32.3 Å². The number of alkyl halides is 2. The first-order chi connectivity index (χ1) is 34.8. The molecule has 6 atom stereocenters. The van der Waals surface area contributed by atoms with Crippen molar-refractivity contribution in [3.8, 4) is 11.5 Å². The Balaban J connectivity index is 0.000000330. The molecule has 376 valence electrons. The Hall–Kier alpha value is -3.74. The number of ether oxygens (including phenoxy) is 1. The van der Waals surface area contributed by atoms with Gasteiger partial charge in [-0.2, -0.15) is 10.2 Å². The number of nitrogens with zero attached hydrogens (tertiary/aromatic N) is 6. The molecule has 0 bridgehead atoms. The Bertz CT molecular complexity index is 3000. The molecule has 15 nitrogen and oxygen atoms in total. The van der Waals surface area contributed by atoms with Crippen LogP contribution in [0.1, 0.15) is 95.6 Å². The maximum Gasteiger partial charge on any atom is 1.00 e. The molecular formula is C50H48F5IK2N6O9. The van der Waals surface area contributed by atoms with E-state index in [0.717, 1.165) is 42.9 Å². The summed E-state index contributed by atoms with van der Waals surface area (Å²) in [5.74, 6) is -6.75. The number of halogens is 6. The molecule has 4 aromatic carbocycles. The molecule has 1 N–H and O–H groups in total. The average Bonchev–Trinajstić information content (AvgIpc) is 4.11. The Morgan fingerprint density at radius 1 is 0.712 bits per heavy atom. The summed E-state index contributed by atoms with van der Waals surface area (Å²) in [6, 6.07) is 24.6. The predicted molar refractivity (Wildman–Crippen MR) is 256 cm³/mol. The van der Waals surface area contributed by atoms with E-state index in [4.69, 9.17) is 16.2 Å². The molecule has 0 spiro atoms. The quantitative estimate of drug-likeness (QED) is 0.0435. The number of fused-ring (bicyclic) bond motifs is 4. The number of rotatable bonds is 8. The molecule has 4 aliphatic rings. The van der Waals surface area contributed by atoms with Gasteiger partial charge in [-0.3, -0.25) is 37.7 Å². The number of carbonyl (C=O) groups excluding carboxylic acids is 3. The Labute approximate surface area is 517 Å². The zero-order valence-corrected chi connectivity index (χ0v) is 48.5. The second-order valence-corrected chi connectivity index (χ2v) is 16.1. The van der Waals surface area contributed by atoms with Crippen molar-refractivity contribution in [2.24, 2.45) is 0 Å². The fourth-order valence-electron chi connectivity index (χ4n) is 10.0. The topological polar surface area (TPSA) is 189 Å². The van der Waals surface area contributed by atoms with Gasteiger partial charge in [0, 0.05) is 36.1 Å². The Morgan fingerprint density at radius 3 is 1.52 bits per heavy atom. The predicted octanol–water partition coefficient (Wildman–Crippen LogP) is 0.932. The van der Waals surface area contributed by atoms with Crippen LogP contribution in [0.25, 0.3) is 0 Å². The van der Waals surface area contributed by atoms with Crippen LogP contribution in [-0.4, -0.2) is 97.1 Å². The van der Waals surface area contributed by atoms with Crippen molar-refractivity contribution >= 4 is 40.9 Å². The number of amides is 2. The number of hydrogen-bond acceptors (Lipinski definition) is 11. The van der Waals surface area contributed by atoms with E-state index in [-0.39, 0.29) is 157 Å². The van der Waals surface area contributed by atoms with E-state index in [1.54, 1.807) is 28.0 Å². The van der Waals surface area contributed by atoms with Gasteiger partial charge in [-0.1, -0.05) is 108 Å². The van der Waals surface area contributed by atoms with Crippen molar-refractivity contribution in [2.45, 2.75) is 61.7 Å². The number of aromatic hydroxyl groups is 1. The maximum atomic E-state index is 15.1. The standard InChI is InChI=1S/C24H21F2N3O3.C23H19F2N3O3.CH3F.CH3I.CH2O3.2K.H/c1-32-23-18(30)13-27-29-21(17-11-6-12-28(17)24(31)22(23)29)19(14-7-3-2-4-8-14)15-9-5-10-16(25)20(15)26;24-15-9-4-8-14(19(15)25)18(13-6-2-1-3-7-13)20-16-10-5-11-27(16)23(31)21-22(30)17(29)12-26-28(20)21;2*1-2;2-1-4-3;;;/h2-5,7-10,13,17,19,21H,6,11-12H2,1H3;1-4,6-9,12,16,18,20,30H,5,10-11H2;2*1H3;1,3H;;;/q;;;;;2*+1;-1/p-1/t17-,19-,21-;16-,18-,20-;;;;;;/m11....../s1/i;;1D;;;;;. The molecule has 73 heavy (non-hydrogen) atoms. The Morgan fingerprint density at radius 2 is 1.11 bits per heavy atom. The first-order valence-corrected chi connectivity index (χ1v) is 24.0. The summed E-state index contributed by atoms with van der Waals surface area (Å²) in [6.45, 7) is 0.787. The van der Waals surface area contributed by atoms with Gasteiger partial charge in [-0.15, -0.1) is 0 Å². The molecule has 2 fully saturated rings. The van der Waals surface area contributed by atoms with Crippen LogP contribution in [0.2, 0.25) is 0 Å². The molecule has 10 rings (SSSR count). The van der Waals surface area contributed by atoms with E-state index < -0.39 is 76.9 Å². The molecule has 0 unspecified atom stereocenters. The molecule has 2 amide bonds. The largest absolute Gasteiger partial charge is 1.00 e. The van der Waals surface area contributed by atoms with Crippen LogP contribution in [-0.2, 0) is 9.68 Å². The van der Waals surface area contributed by atoms with E-state index in [2.05, 4.69) is 37.7 Å². The zero-order chi connectivity index (χ0) is 52.2. The van der Waals surface area contributed by atoms with Gasteiger partial charge in [0.05, 0.1) is 52.2 Å². The van der Waals surface area contributed by atoms with Crippen LogP contribution in [0, 0.1) is 23.3 Å². The molecule has 4 aliphatic heterocycles. The third-order valence-corrected chi connectivity index (χ3v) is 12.7. The zero-order valence-electron chi connectivity index (χ0n) is 42.0. The third kappa shape index (κ3) is 12.8. The van der Waals surface area contributed by atoms with Crippen LogP contribution in [0.5, 0.6) is 11.5 Å². The van der Waals surface area contributed by atoms with E-state index in [0.29, 0.717) is 31.5 Å². The first kappa shape index (κ1) is 60.1. The van der Waals surface area contributed by atoms with Crippen molar-refractivity contribution in [3.05, 3.63) is 187 Å². The minimum atomic E-state index is -1.00. The summed E-state index contributed by atoms with van der Waals surface area (Å²) in [4.78, 5) is 67.3. The maximum absolute atomic E-state index is 15.1. The summed E-state index contributed by atoms with van der Waals surface area (Å²) in [7, 11) is 0.330. The molecule has 2 aromatic heterocycles. The smallest absolute Gasteiger partial charge is 1.00 e. The molecule has 0 radical (unpaired) electrons. The monoisotopic (exact) mass is 1180 g/mol. The van der Waals surface area contributed by atoms with E-state index in [1.807, 2.05) is 53.5 Å². The molecule has 2 saturated heterocycles. The third-order valence-electron chi connectivity index (χ3n) is 12.7. The molecule has 0 saturated carbocycles. The van der Waals surface area contributed by atoms with Gasteiger partial charge < -0.3 is 31.2 Å². The van der Waals surface area contributed by atoms with Crippen molar-refractivity contribution in [1.82, 2.24) is 29.4 Å². The minimum Gasteiger partial charge on any atom is -1.00 e. The van der Waals surface area contributed by atoms with E-state index >= 15 is 8.78 Å². The number of hydrogen-bond donors (Lipinski definition) is 1. The normalized spacial score (nSPS) is 18.6. The molecule has 0 aliphatic carbocycles. The summed E-state index contributed by atoms with van der Waals surface area (Å²) in [5, 5.41) is 27.3. The van der Waals surface area contributed by atoms with Gasteiger partial charge in [-0.05, 0) is 53.9 Å². The van der Waals surface area contributed by atoms with Crippen LogP contribution >= 0.6 is 22.6 Å². The molecular weight excluding hydrogens is 1130 g/mol. The van der Waals surface area contributed by atoms with E-state index in [1.165, 1.54) is 34.7 Å². The molecule has 6 heterocycles. The summed E-state index contributed by atoms with van der Waals surface area (Å²) in [5.41, 5.74) is 0.337. The average molecular weight is 1180 g/mol. The van der Waals surface area contributed by atoms with Crippen LogP contribution < -0.4 is 124 Å². The second kappa shape index (κ2) is 29.0. The van der Waals surface area contributed by atoms with Gasteiger partial charge in [0.1, 0.15) is 0 Å². The summed E-state index contributed by atoms with van der Waals surface area (Å²) >= 11 is 2.15. The van der Waals surface area contributed by atoms with Gasteiger partial charge in [0.25, 0.3) is 18.3 Å². The number of carbonyl (C=O) groups is 3. The summed E-state index contributed by atoms with van der Waals surface area (Å²) in [6.07, 6.45) is 4.88. The molecule has 23 heteroatoms. The van der Waals surface area contributed by atoms with Crippen LogP contribution in [0.4, 0.5) is 22.0 Å². The summed E-state index contributed by atoms with van der Waals surface area (Å²) < 4.78 is 82.3. The fraction of sp³-hybridized carbons (Fsp3) is 0.300.